The van der Waals surface area contributed by atoms with Crippen LogP contribution in [0, 0.1) is 24.7 Å². The molecule has 0 saturated heterocycles. The lowest BCUT2D eigenvalue weighted by atomic mass is 9.47. The summed E-state index contributed by atoms with van der Waals surface area (Å²) in [5.74, 6) is 2.41. The van der Waals surface area contributed by atoms with E-state index >= 15 is 0 Å². The molecule has 7 heteroatoms. The number of rotatable bonds is 10. The zero-order valence-corrected chi connectivity index (χ0v) is 22.2. The molecule has 4 aliphatic carbocycles. The molecule has 4 bridgehead atoms. The van der Waals surface area contributed by atoms with E-state index in [1.54, 1.807) is 19.2 Å². The quantitative estimate of drug-likeness (QED) is 0.320. The zero-order valence-electron chi connectivity index (χ0n) is 22.2. The van der Waals surface area contributed by atoms with Crippen molar-refractivity contribution in [2.24, 2.45) is 28.0 Å². The van der Waals surface area contributed by atoms with Gasteiger partial charge in [-0.05, 0) is 110 Å². The minimum Gasteiger partial charge on any atom is -0.478 e. The van der Waals surface area contributed by atoms with Gasteiger partial charge in [-0.15, -0.1) is 0 Å². The Kier molecular flexibility index (Phi) is 6.82. The van der Waals surface area contributed by atoms with E-state index in [-0.39, 0.29) is 17.8 Å². The van der Waals surface area contributed by atoms with Crippen LogP contribution in [0.5, 0.6) is 5.75 Å². The summed E-state index contributed by atoms with van der Waals surface area (Å²) >= 11 is 0. The summed E-state index contributed by atoms with van der Waals surface area (Å²) in [6, 6.07) is 11.1. The van der Waals surface area contributed by atoms with Gasteiger partial charge in [0, 0.05) is 19.1 Å². The van der Waals surface area contributed by atoms with Crippen LogP contribution in [0.15, 0.2) is 46.6 Å². The van der Waals surface area contributed by atoms with Gasteiger partial charge in [0.25, 0.3) is 0 Å². The topological polar surface area (TPSA) is 89.7 Å². The molecule has 7 rings (SSSR count). The van der Waals surface area contributed by atoms with Crippen LogP contribution in [0.1, 0.15) is 77.6 Å². The van der Waals surface area contributed by atoms with E-state index in [4.69, 9.17) is 14.2 Å². The van der Waals surface area contributed by atoms with Gasteiger partial charge in [-0.2, -0.15) is 10.2 Å². The standard InChI is InChI=1S/C31H36N2O5/c1-19-28(38-18-37-10-9-36-2)8-7-25(29(19)31-15-20-11-21(16-31)13-22(12-20)17-31)27-14-26(32-33-27)23-3-5-24(6-4-23)30(34)35/h3-8,20-22H,9-18H2,1-2H3,(H,34,35). The van der Waals surface area contributed by atoms with Crippen LogP contribution >= 0.6 is 0 Å². The molecule has 1 heterocycles. The molecule has 0 atom stereocenters. The number of ether oxygens (including phenoxy) is 3. The van der Waals surface area contributed by atoms with Gasteiger partial charge in [0.15, 0.2) is 6.79 Å². The highest BCUT2D eigenvalue weighted by Crippen LogP contribution is 2.62. The second-order valence-corrected chi connectivity index (χ2v) is 11.6. The van der Waals surface area contributed by atoms with Crippen molar-refractivity contribution in [1.82, 2.24) is 0 Å². The molecule has 38 heavy (non-hydrogen) atoms. The van der Waals surface area contributed by atoms with Crippen molar-refractivity contribution in [1.29, 1.82) is 0 Å². The third-order valence-corrected chi connectivity index (χ3v) is 9.12. The predicted molar refractivity (Wildman–Crippen MR) is 145 cm³/mol. The van der Waals surface area contributed by atoms with Gasteiger partial charge < -0.3 is 19.3 Å². The molecule has 200 valence electrons. The summed E-state index contributed by atoms with van der Waals surface area (Å²) in [5.41, 5.74) is 7.00. The van der Waals surface area contributed by atoms with Crippen molar-refractivity contribution in [3.63, 3.8) is 0 Å². The van der Waals surface area contributed by atoms with Crippen molar-refractivity contribution in [2.75, 3.05) is 27.1 Å². The Hall–Kier alpha value is -3.03. The molecule has 0 amide bonds. The third-order valence-electron chi connectivity index (χ3n) is 9.12. The average molecular weight is 517 g/mol. The Bertz CT molecular complexity index is 1240. The lowest BCUT2D eigenvalue weighted by molar-refractivity contribution is -0.0112. The number of benzene rings is 2. The van der Waals surface area contributed by atoms with Gasteiger partial charge in [0.05, 0.1) is 30.2 Å². The molecule has 2 aromatic carbocycles. The first-order valence-electron chi connectivity index (χ1n) is 13.8. The van der Waals surface area contributed by atoms with E-state index in [0.717, 1.165) is 40.5 Å². The number of methoxy groups -OCH3 is 1. The molecule has 1 aliphatic heterocycles. The van der Waals surface area contributed by atoms with E-state index in [1.165, 1.54) is 55.2 Å². The fourth-order valence-corrected chi connectivity index (χ4v) is 7.96. The second kappa shape index (κ2) is 10.3. The summed E-state index contributed by atoms with van der Waals surface area (Å²) in [6.45, 7) is 3.44. The Morgan fingerprint density at radius 2 is 1.61 bits per heavy atom. The molecule has 2 aromatic rings. The van der Waals surface area contributed by atoms with E-state index in [2.05, 4.69) is 29.3 Å². The fourth-order valence-electron chi connectivity index (χ4n) is 7.96. The van der Waals surface area contributed by atoms with Crippen LogP contribution in [-0.2, 0) is 14.9 Å². The van der Waals surface area contributed by atoms with Crippen molar-refractivity contribution in [3.8, 4) is 5.75 Å². The third kappa shape index (κ3) is 4.67. The lowest BCUT2D eigenvalue weighted by Crippen LogP contribution is -2.49. The maximum Gasteiger partial charge on any atom is 0.335 e. The second-order valence-electron chi connectivity index (χ2n) is 11.6. The Labute approximate surface area is 223 Å². The maximum absolute atomic E-state index is 11.3. The lowest BCUT2D eigenvalue weighted by Gasteiger charge is -2.57. The highest BCUT2D eigenvalue weighted by Gasteiger charge is 2.53. The van der Waals surface area contributed by atoms with Gasteiger partial charge in [-0.1, -0.05) is 12.1 Å². The number of nitrogens with zero attached hydrogens (tertiary/aromatic N) is 2. The first-order chi connectivity index (χ1) is 18.5. The normalized spacial score (nSPS) is 27.4. The van der Waals surface area contributed by atoms with Crippen LogP contribution in [-0.4, -0.2) is 49.6 Å². The van der Waals surface area contributed by atoms with Crippen LogP contribution in [0.25, 0.3) is 0 Å². The molecule has 4 fully saturated rings. The van der Waals surface area contributed by atoms with Crippen LogP contribution < -0.4 is 4.74 Å². The fraction of sp³-hybridized carbons (Fsp3) is 0.516. The van der Waals surface area contributed by atoms with Gasteiger partial charge >= 0.3 is 5.97 Å². The molecule has 1 N–H and O–H groups in total. The smallest absolute Gasteiger partial charge is 0.335 e. The van der Waals surface area contributed by atoms with Gasteiger partial charge in [0.1, 0.15) is 5.75 Å². The van der Waals surface area contributed by atoms with Crippen molar-refractivity contribution < 1.29 is 24.1 Å². The van der Waals surface area contributed by atoms with E-state index in [9.17, 15) is 9.90 Å². The zero-order chi connectivity index (χ0) is 26.3. The largest absolute Gasteiger partial charge is 0.478 e. The summed E-state index contributed by atoms with van der Waals surface area (Å²) < 4.78 is 16.8. The monoisotopic (exact) mass is 516 g/mol. The summed E-state index contributed by atoms with van der Waals surface area (Å²) in [6.07, 6.45) is 8.54. The maximum atomic E-state index is 11.3. The molecule has 7 nitrogen and oxygen atoms in total. The first-order valence-corrected chi connectivity index (χ1v) is 13.8. The summed E-state index contributed by atoms with van der Waals surface area (Å²) in [5, 5.41) is 18.5. The van der Waals surface area contributed by atoms with Crippen LogP contribution in [0.2, 0.25) is 0 Å². The number of carboxylic acid groups (broad SMARTS) is 1. The number of carbonyl (C=O) groups is 1. The van der Waals surface area contributed by atoms with Crippen LogP contribution in [0.4, 0.5) is 0 Å². The summed E-state index contributed by atoms with van der Waals surface area (Å²) in [4.78, 5) is 11.3. The highest BCUT2D eigenvalue weighted by atomic mass is 16.7. The highest BCUT2D eigenvalue weighted by molar-refractivity contribution is 6.21. The van der Waals surface area contributed by atoms with Gasteiger partial charge in [-0.25, -0.2) is 4.79 Å². The van der Waals surface area contributed by atoms with Crippen molar-refractivity contribution in [2.45, 2.75) is 57.3 Å². The number of aromatic carboxylic acids is 1. The number of hydrogen-bond acceptors (Lipinski definition) is 6. The molecule has 5 aliphatic rings. The Morgan fingerprint density at radius 1 is 0.947 bits per heavy atom. The Morgan fingerprint density at radius 3 is 2.24 bits per heavy atom. The SMILES string of the molecule is COCCOCOc1ccc(C2=NN=C(c3ccc(C(=O)O)cc3)C2)c(C23CC4CC(CC(C4)C2)C3)c1C. The minimum absolute atomic E-state index is 0.166. The molecule has 4 saturated carbocycles. The summed E-state index contributed by atoms with van der Waals surface area (Å²) in [7, 11) is 1.66. The molecule has 0 spiro atoms. The molecule has 0 aromatic heterocycles. The van der Waals surface area contributed by atoms with E-state index in [1.807, 2.05) is 12.1 Å². The number of hydrogen-bond donors (Lipinski definition) is 1. The van der Waals surface area contributed by atoms with Gasteiger partial charge in [0.2, 0.25) is 0 Å². The minimum atomic E-state index is -0.927. The van der Waals surface area contributed by atoms with Crippen LogP contribution in [0.3, 0.4) is 0 Å². The van der Waals surface area contributed by atoms with Crippen molar-refractivity contribution in [3.05, 3.63) is 64.2 Å². The molecular formula is C31H36N2O5. The molecule has 0 radical (unpaired) electrons. The first kappa shape index (κ1) is 25.3. The molecular weight excluding hydrogens is 480 g/mol. The van der Waals surface area contributed by atoms with Gasteiger partial charge in [-0.3, -0.25) is 0 Å². The molecule has 0 unspecified atom stereocenters. The van der Waals surface area contributed by atoms with Crippen molar-refractivity contribution >= 4 is 17.4 Å². The Balaban J connectivity index is 1.31. The predicted octanol–water partition coefficient (Wildman–Crippen LogP) is 5.76. The average Bonchev–Trinajstić information content (AvgIpc) is 3.38. The number of carboxylic acids is 1. The van der Waals surface area contributed by atoms with E-state index < -0.39 is 5.97 Å². The van der Waals surface area contributed by atoms with E-state index in [0.29, 0.717) is 19.6 Å².